The van der Waals surface area contributed by atoms with Crippen molar-refractivity contribution in [3.05, 3.63) is 83.4 Å². The highest BCUT2D eigenvalue weighted by atomic mass is 16.7. The van der Waals surface area contributed by atoms with Crippen LogP contribution in [-0.2, 0) is 36.9 Å². The Morgan fingerprint density at radius 3 is 2.07 bits per heavy atom. The lowest BCUT2D eigenvalue weighted by Gasteiger charge is -2.54. The van der Waals surface area contributed by atoms with E-state index >= 15 is 0 Å². The summed E-state index contributed by atoms with van der Waals surface area (Å²) in [4.78, 5) is 27.0. The van der Waals surface area contributed by atoms with E-state index in [4.69, 9.17) is 18.9 Å². The molecule has 0 radical (unpaired) electrons. The molecule has 8 nitrogen and oxygen atoms in total. The second kappa shape index (κ2) is 14.0. The molecule has 0 aromatic heterocycles. The number of methoxy groups -OCH3 is 1. The highest BCUT2D eigenvalue weighted by Crippen LogP contribution is 2.48. The fraction of sp³-hybridized carbons (Fsp3) is 0.515. The molecule has 2 aromatic rings. The number of carbonyl (C=O) groups is 2. The van der Waals surface area contributed by atoms with Crippen LogP contribution in [0.25, 0.3) is 0 Å². The molecule has 8 heteroatoms. The van der Waals surface area contributed by atoms with Crippen LogP contribution < -0.4 is 0 Å². The molecule has 0 N–H and O–H groups in total. The minimum absolute atomic E-state index is 0.0941. The number of nitrogens with zero attached hydrogens (tertiary/aromatic N) is 1. The third-order valence-corrected chi connectivity index (χ3v) is 7.79. The predicted octanol–water partition coefficient (Wildman–Crippen LogP) is 6.54. The molecule has 1 aliphatic heterocycles. The number of hydrogen-bond donors (Lipinski definition) is 0. The molecule has 1 saturated carbocycles. The van der Waals surface area contributed by atoms with Gasteiger partial charge in [0.25, 0.3) is 0 Å². The number of benzene rings is 2. The van der Waals surface area contributed by atoms with Gasteiger partial charge >= 0.3 is 12.2 Å². The van der Waals surface area contributed by atoms with Gasteiger partial charge in [-0.15, -0.1) is 0 Å². The SMILES string of the molecule is COC(=O)OC/C=C1/CC[C@H]2C[C@@H]1N(C(=O)OC(C)(C)C)CC2(COCc1ccccc1)COCc1ccccc1. The van der Waals surface area contributed by atoms with E-state index in [1.165, 1.54) is 7.11 Å². The summed E-state index contributed by atoms with van der Waals surface area (Å²) in [6.45, 7) is 8.04. The number of likely N-dealkylation sites (tertiary alicyclic amines) is 1. The van der Waals surface area contributed by atoms with E-state index in [1.807, 2.05) is 68.1 Å². The second-order valence-corrected chi connectivity index (χ2v) is 12.0. The number of piperidine rings is 1. The molecule has 2 aromatic carbocycles. The largest absolute Gasteiger partial charge is 0.508 e. The number of rotatable bonds is 10. The van der Waals surface area contributed by atoms with E-state index in [1.54, 1.807) is 0 Å². The minimum atomic E-state index is -0.728. The number of hydrogen-bond acceptors (Lipinski definition) is 7. The zero-order valence-corrected chi connectivity index (χ0v) is 24.7. The van der Waals surface area contributed by atoms with E-state index in [9.17, 15) is 9.59 Å². The zero-order chi connectivity index (χ0) is 29.3. The average molecular weight is 566 g/mol. The number of ether oxygens (including phenoxy) is 5. The molecule has 1 saturated heterocycles. The molecule has 1 heterocycles. The second-order valence-electron chi connectivity index (χ2n) is 12.0. The van der Waals surface area contributed by atoms with Crippen molar-refractivity contribution in [3.63, 3.8) is 0 Å². The standard InChI is InChI=1S/C33H43NO7/c1-32(2,3)41-30(35)34-22-33(23-38-20-25-11-7-5-8-12-25,24-39-21-26-13-9-6-10-14-26)28-16-15-27(29(34)19-28)17-18-40-31(36)37-4/h5-14,17,28-29H,15-16,18-24H2,1-4H3/b27-17-/t28-,29-/m0/s1. The number of fused-ring (bicyclic) bond motifs is 2. The minimum Gasteiger partial charge on any atom is -0.444 e. The van der Waals surface area contributed by atoms with Crippen LogP contribution in [0.1, 0.15) is 51.2 Å². The Bertz CT molecular complexity index is 1110. The van der Waals surface area contributed by atoms with Crippen molar-refractivity contribution in [2.45, 2.75) is 64.9 Å². The summed E-state index contributed by atoms with van der Waals surface area (Å²) in [5.41, 5.74) is 2.22. The van der Waals surface area contributed by atoms with E-state index < -0.39 is 17.2 Å². The number of carbonyl (C=O) groups excluding carboxylic acids is 2. The third kappa shape index (κ3) is 8.57. The molecule has 0 spiro atoms. The van der Waals surface area contributed by atoms with Crippen LogP contribution in [0, 0.1) is 11.3 Å². The maximum Gasteiger partial charge on any atom is 0.508 e. The Morgan fingerprint density at radius 2 is 1.54 bits per heavy atom. The highest BCUT2D eigenvalue weighted by Gasteiger charge is 2.52. The van der Waals surface area contributed by atoms with Gasteiger partial charge < -0.3 is 28.6 Å². The fourth-order valence-electron chi connectivity index (χ4n) is 5.80. The van der Waals surface area contributed by atoms with Crippen molar-refractivity contribution in [3.8, 4) is 0 Å². The van der Waals surface area contributed by atoms with Crippen LogP contribution in [0.3, 0.4) is 0 Å². The fourth-order valence-corrected chi connectivity index (χ4v) is 5.80. The molecular weight excluding hydrogens is 522 g/mol. The van der Waals surface area contributed by atoms with Gasteiger partial charge in [0.2, 0.25) is 0 Å². The van der Waals surface area contributed by atoms with E-state index in [-0.39, 0.29) is 24.7 Å². The number of amides is 1. The monoisotopic (exact) mass is 565 g/mol. The van der Waals surface area contributed by atoms with Gasteiger partial charge in [0.15, 0.2) is 0 Å². The van der Waals surface area contributed by atoms with Crippen molar-refractivity contribution in [2.24, 2.45) is 11.3 Å². The predicted molar refractivity (Wildman–Crippen MR) is 155 cm³/mol. The van der Waals surface area contributed by atoms with E-state index in [0.717, 1.165) is 36.0 Å². The van der Waals surface area contributed by atoms with Gasteiger partial charge in [0.1, 0.15) is 12.2 Å². The van der Waals surface area contributed by atoms with E-state index in [2.05, 4.69) is 29.0 Å². The third-order valence-electron chi connectivity index (χ3n) is 7.79. The summed E-state index contributed by atoms with van der Waals surface area (Å²) >= 11 is 0. The lowest BCUT2D eigenvalue weighted by atomic mass is 9.63. The van der Waals surface area contributed by atoms with Crippen LogP contribution in [0.4, 0.5) is 9.59 Å². The summed E-state index contributed by atoms with van der Waals surface area (Å²) in [6.07, 6.45) is 3.27. The van der Waals surface area contributed by atoms with Crippen LogP contribution in [0.5, 0.6) is 0 Å². The Hall–Kier alpha value is -3.36. The molecule has 2 atom stereocenters. The Morgan fingerprint density at radius 1 is 0.951 bits per heavy atom. The van der Waals surface area contributed by atoms with Crippen molar-refractivity contribution in [2.75, 3.05) is 33.5 Å². The van der Waals surface area contributed by atoms with Crippen molar-refractivity contribution in [1.82, 2.24) is 4.90 Å². The summed E-state index contributed by atoms with van der Waals surface area (Å²) in [5, 5.41) is 0. The maximum atomic E-state index is 13.7. The zero-order valence-electron chi connectivity index (χ0n) is 24.7. The summed E-state index contributed by atoms with van der Waals surface area (Å²) < 4.78 is 28.4. The Kier molecular flexibility index (Phi) is 10.5. The lowest BCUT2D eigenvalue weighted by Crippen LogP contribution is -2.61. The van der Waals surface area contributed by atoms with E-state index in [0.29, 0.717) is 33.0 Å². The van der Waals surface area contributed by atoms with Crippen LogP contribution >= 0.6 is 0 Å². The topological polar surface area (TPSA) is 83.5 Å². The average Bonchev–Trinajstić information content (AvgIpc) is 2.95. The van der Waals surface area contributed by atoms with Gasteiger partial charge in [-0.1, -0.05) is 60.7 Å². The Labute approximate surface area is 243 Å². The molecule has 0 unspecified atom stereocenters. The molecule has 1 aliphatic carbocycles. The van der Waals surface area contributed by atoms with Crippen LogP contribution in [0.15, 0.2) is 72.3 Å². The van der Waals surface area contributed by atoms with Crippen molar-refractivity contribution >= 4 is 12.2 Å². The van der Waals surface area contributed by atoms with Gasteiger partial charge in [0.05, 0.1) is 39.6 Å². The molecule has 2 aliphatic rings. The Balaban J connectivity index is 1.58. The first-order chi connectivity index (χ1) is 19.7. The van der Waals surface area contributed by atoms with Gasteiger partial charge in [-0.05, 0) is 68.7 Å². The van der Waals surface area contributed by atoms with Crippen molar-refractivity contribution in [1.29, 1.82) is 0 Å². The molecule has 4 rings (SSSR count). The summed E-state index contributed by atoms with van der Waals surface area (Å²) in [6, 6.07) is 20.1. The normalized spacial score (nSPS) is 20.9. The lowest BCUT2D eigenvalue weighted by molar-refractivity contribution is -0.117. The smallest absolute Gasteiger partial charge is 0.444 e. The molecular formula is C33H43NO7. The van der Waals surface area contributed by atoms with Gasteiger partial charge in [0, 0.05) is 12.0 Å². The van der Waals surface area contributed by atoms with Gasteiger partial charge in [-0.2, -0.15) is 0 Å². The first-order valence-corrected chi connectivity index (χ1v) is 14.3. The molecule has 1 amide bonds. The summed E-state index contributed by atoms with van der Waals surface area (Å²) in [5.74, 6) is 0.274. The summed E-state index contributed by atoms with van der Waals surface area (Å²) in [7, 11) is 1.28. The van der Waals surface area contributed by atoms with Crippen LogP contribution in [-0.4, -0.2) is 62.3 Å². The van der Waals surface area contributed by atoms with Crippen LogP contribution in [0.2, 0.25) is 0 Å². The molecule has 222 valence electrons. The first-order valence-electron chi connectivity index (χ1n) is 14.3. The van der Waals surface area contributed by atoms with Crippen molar-refractivity contribution < 1.29 is 33.3 Å². The van der Waals surface area contributed by atoms with Gasteiger partial charge in [-0.25, -0.2) is 9.59 Å². The molecule has 2 bridgehead atoms. The highest BCUT2D eigenvalue weighted by molar-refractivity contribution is 5.69. The quantitative estimate of drug-likeness (QED) is 0.239. The maximum absolute atomic E-state index is 13.7. The first kappa shape index (κ1) is 30.6. The molecule has 41 heavy (non-hydrogen) atoms. The molecule has 2 fully saturated rings. The van der Waals surface area contributed by atoms with Gasteiger partial charge in [-0.3, -0.25) is 0 Å².